The van der Waals surface area contributed by atoms with Gasteiger partial charge in [-0.3, -0.25) is 4.79 Å². The van der Waals surface area contributed by atoms with E-state index in [9.17, 15) is 14.7 Å². The van der Waals surface area contributed by atoms with Crippen molar-refractivity contribution >= 4 is 12.3 Å². The van der Waals surface area contributed by atoms with E-state index >= 15 is 0 Å². The average molecular weight is 286 g/mol. The molecule has 0 saturated carbocycles. The second kappa shape index (κ2) is 7.09. The number of phenolic OH excluding ortho intramolecular Hbond substituents is 1. The third kappa shape index (κ3) is 4.35. The van der Waals surface area contributed by atoms with Crippen molar-refractivity contribution in [3.8, 4) is 11.5 Å². The van der Waals surface area contributed by atoms with Gasteiger partial charge in [0.05, 0.1) is 0 Å². The van der Waals surface area contributed by atoms with E-state index in [1.54, 1.807) is 0 Å². The summed E-state index contributed by atoms with van der Waals surface area (Å²) in [7, 11) is 0. The van der Waals surface area contributed by atoms with Gasteiger partial charge in [-0.1, -0.05) is 30.3 Å². The number of phenols is 1. The largest absolute Gasteiger partial charge is 0.504 e. The zero-order chi connectivity index (χ0) is 15.1. The number of aromatic hydroxyl groups is 1. The normalized spacial score (nSPS) is 9.90. The van der Waals surface area contributed by atoms with Crippen LogP contribution in [0.3, 0.4) is 0 Å². The van der Waals surface area contributed by atoms with Crippen molar-refractivity contribution in [1.82, 2.24) is 0 Å². The minimum Gasteiger partial charge on any atom is -0.504 e. The Labute approximate surface area is 121 Å². The number of esters is 1. The number of carbonyl (C=O) groups is 2. The Kier molecular flexibility index (Phi) is 4.93. The predicted molar refractivity (Wildman–Crippen MR) is 75.2 cm³/mol. The molecule has 0 atom stereocenters. The zero-order valence-electron chi connectivity index (χ0n) is 11.2. The molecule has 1 N–H and O–H groups in total. The number of ether oxygens (including phenoxy) is 2. The second-order valence-corrected chi connectivity index (χ2v) is 4.28. The SMILES string of the molecule is O=Cc1ccc(OCC(=O)OCc2ccccc2)c(O)c1. The summed E-state index contributed by atoms with van der Waals surface area (Å²) in [4.78, 5) is 22.1. The van der Waals surface area contributed by atoms with Crippen LogP contribution in [0.2, 0.25) is 0 Å². The highest BCUT2D eigenvalue weighted by Crippen LogP contribution is 2.26. The van der Waals surface area contributed by atoms with Gasteiger partial charge in [0.1, 0.15) is 12.9 Å². The van der Waals surface area contributed by atoms with E-state index in [1.165, 1.54) is 18.2 Å². The van der Waals surface area contributed by atoms with Gasteiger partial charge in [0.2, 0.25) is 0 Å². The van der Waals surface area contributed by atoms with E-state index < -0.39 is 5.97 Å². The molecule has 0 heterocycles. The van der Waals surface area contributed by atoms with Crippen molar-refractivity contribution in [3.63, 3.8) is 0 Å². The summed E-state index contributed by atoms with van der Waals surface area (Å²) in [5, 5.41) is 9.61. The lowest BCUT2D eigenvalue weighted by molar-refractivity contribution is -0.147. The number of aldehydes is 1. The van der Waals surface area contributed by atoms with E-state index in [0.29, 0.717) is 11.8 Å². The van der Waals surface area contributed by atoms with Crippen LogP contribution < -0.4 is 4.74 Å². The number of hydrogen-bond acceptors (Lipinski definition) is 5. The Hall–Kier alpha value is -2.82. The molecule has 0 aliphatic rings. The second-order valence-electron chi connectivity index (χ2n) is 4.28. The van der Waals surface area contributed by atoms with E-state index in [1.807, 2.05) is 30.3 Å². The zero-order valence-corrected chi connectivity index (χ0v) is 11.2. The van der Waals surface area contributed by atoms with Gasteiger partial charge in [0, 0.05) is 5.56 Å². The van der Waals surface area contributed by atoms with Crippen molar-refractivity contribution in [2.45, 2.75) is 6.61 Å². The number of rotatable bonds is 6. The van der Waals surface area contributed by atoms with Crippen LogP contribution in [0.25, 0.3) is 0 Å². The molecule has 0 saturated heterocycles. The van der Waals surface area contributed by atoms with E-state index in [2.05, 4.69) is 0 Å². The lowest BCUT2D eigenvalue weighted by Crippen LogP contribution is -2.14. The van der Waals surface area contributed by atoms with Crippen LogP contribution in [0, 0.1) is 0 Å². The lowest BCUT2D eigenvalue weighted by atomic mass is 10.2. The molecule has 0 spiro atoms. The summed E-state index contributed by atoms with van der Waals surface area (Å²) in [6.45, 7) is -0.153. The molecule has 0 amide bonds. The molecule has 5 heteroatoms. The monoisotopic (exact) mass is 286 g/mol. The molecule has 21 heavy (non-hydrogen) atoms. The van der Waals surface area contributed by atoms with Gasteiger partial charge in [-0.2, -0.15) is 0 Å². The predicted octanol–water partition coefficient (Wildman–Crippen LogP) is 2.33. The molecule has 2 aromatic carbocycles. The summed E-state index contributed by atoms with van der Waals surface area (Å²) < 4.78 is 10.2. The van der Waals surface area contributed by atoms with Gasteiger partial charge in [-0.25, -0.2) is 4.79 Å². The van der Waals surface area contributed by atoms with E-state index in [0.717, 1.165) is 5.56 Å². The molecule has 0 bridgehead atoms. The third-order valence-electron chi connectivity index (χ3n) is 2.71. The average Bonchev–Trinajstić information content (AvgIpc) is 2.52. The van der Waals surface area contributed by atoms with Crippen molar-refractivity contribution in [1.29, 1.82) is 0 Å². The van der Waals surface area contributed by atoms with Gasteiger partial charge in [-0.05, 0) is 23.8 Å². The molecule has 0 fully saturated rings. The Morgan fingerprint density at radius 2 is 1.90 bits per heavy atom. The van der Waals surface area contributed by atoms with Crippen LogP contribution in [0.1, 0.15) is 15.9 Å². The van der Waals surface area contributed by atoms with Crippen molar-refractivity contribution in [2.75, 3.05) is 6.61 Å². The highest BCUT2D eigenvalue weighted by molar-refractivity contribution is 5.76. The number of carbonyl (C=O) groups excluding carboxylic acids is 2. The molecule has 0 radical (unpaired) electrons. The maximum absolute atomic E-state index is 11.5. The topological polar surface area (TPSA) is 72.8 Å². The van der Waals surface area contributed by atoms with Crippen LogP contribution in [0.15, 0.2) is 48.5 Å². The summed E-state index contributed by atoms with van der Waals surface area (Å²) in [6.07, 6.45) is 0.609. The van der Waals surface area contributed by atoms with Crippen LogP contribution in [-0.4, -0.2) is 24.0 Å². The van der Waals surface area contributed by atoms with E-state index in [4.69, 9.17) is 9.47 Å². The van der Waals surface area contributed by atoms with Crippen molar-refractivity contribution < 1.29 is 24.2 Å². The third-order valence-corrected chi connectivity index (χ3v) is 2.71. The van der Waals surface area contributed by atoms with Crippen LogP contribution in [0.4, 0.5) is 0 Å². The van der Waals surface area contributed by atoms with Crippen molar-refractivity contribution in [2.24, 2.45) is 0 Å². The molecule has 0 aliphatic heterocycles. The first-order valence-corrected chi connectivity index (χ1v) is 6.29. The fourth-order valence-electron chi connectivity index (χ4n) is 1.65. The minimum atomic E-state index is -0.544. The van der Waals surface area contributed by atoms with Gasteiger partial charge < -0.3 is 14.6 Å². The van der Waals surface area contributed by atoms with Crippen LogP contribution in [-0.2, 0) is 16.1 Å². The number of benzene rings is 2. The van der Waals surface area contributed by atoms with Gasteiger partial charge >= 0.3 is 5.97 Å². The fourth-order valence-corrected chi connectivity index (χ4v) is 1.65. The smallest absolute Gasteiger partial charge is 0.344 e. The quantitative estimate of drug-likeness (QED) is 0.651. The highest BCUT2D eigenvalue weighted by Gasteiger charge is 2.08. The molecular formula is C16H14O5. The van der Waals surface area contributed by atoms with Crippen molar-refractivity contribution in [3.05, 3.63) is 59.7 Å². The minimum absolute atomic E-state index is 0.122. The number of hydrogen-bond donors (Lipinski definition) is 1. The van der Waals surface area contributed by atoms with E-state index in [-0.39, 0.29) is 24.7 Å². The maximum Gasteiger partial charge on any atom is 0.344 e. The van der Waals surface area contributed by atoms with Gasteiger partial charge in [-0.15, -0.1) is 0 Å². The van der Waals surface area contributed by atoms with Gasteiger partial charge in [0.25, 0.3) is 0 Å². The first-order chi connectivity index (χ1) is 10.2. The summed E-state index contributed by atoms with van der Waals surface area (Å²) in [5.74, 6) is -0.620. The Balaban J connectivity index is 1.82. The van der Waals surface area contributed by atoms with Crippen LogP contribution in [0.5, 0.6) is 11.5 Å². The highest BCUT2D eigenvalue weighted by atomic mass is 16.6. The first kappa shape index (κ1) is 14.6. The summed E-state index contributed by atoms with van der Waals surface area (Å²) >= 11 is 0. The maximum atomic E-state index is 11.5. The summed E-state index contributed by atoms with van der Waals surface area (Å²) in [6, 6.07) is 13.4. The lowest BCUT2D eigenvalue weighted by Gasteiger charge is -2.08. The molecular weight excluding hydrogens is 272 g/mol. The fraction of sp³-hybridized carbons (Fsp3) is 0.125. The molecule has 0 unspecified atom stereocenters. The molecule has 0 aromatic heterocycles. The standard InChI is InChI=1S/C16H14O5/c17-9-13-6-7-15(14(18)8-13)20-11-16(19)21-10-12-4-2-1-3-5-12/h1-9,18H,10-11H2. The molecule has 2 aromatic rings. The molecule has 2 rings (SSSR count). The Morgan fingerprint density at radius 1 is 1.14 bits per heavy atom. The molecule has 108 valence electrons. The van der Waals surface area contributed by atoms with Gasteiger partial charge in [0.15, 0.2) is 18.1 Å². The molecule has 0 aliphatic carbocycles. The Morgan fingerprint density at radius 3 is 2.57 bits per heavy atom. The molecule has 5 nitrogen and oxygen atoms in total. The van der Waals surface area contributed by atoms with Crippen LogP contribution >= 0.6 is 0 Å². The summed E-state index contributed by atoms with van der Waals surface area (Å²) in [5.41, 5.74) is 1.20. The first-order valence-electron chi connectivity index (χ1n) is 6.29. The Bertz CT molecular complexity index is 622.